The minimum Gasteiger partial charge on any atom is -0.477 e. The number of hydrogen-bond donors (Lipinski definition) is 2. The standard InChI is InChI=1S/C17H16N2O4S4/c1-9-13(17(24-2)26-14(9)16(20)21)15-18-12(8-25-15)10-4-6-11(7-5-10)19-27(3,22)23/h4-8,19H,1-3H3,(H,20,21). The van der Waals surface area contributed by atoms with Gasteiger partial charge in [0.2, 0.25) is 10.0 Å². The monoisotopic (exact) mass is 440 g/mol. The fraction of sp³-hybridized carbons (Fsp3) is 0.176. The number of thiazole rings is 1. The minimum absolute atomic E-state index is 0.335. The van der Waals surface area contributed by atoms with Gasteiger partial charge in [-0.05, 0) is 30.9 Å². The van der Waals surface area contributed by atoms with Crippen molar-refractivity contribution in [2.45, 2.75) is 11.1 Å². The van der Waals surface area contributed by atoms with E-state index in [0.29, 0.717) is 10.6 Å². The molecule has 0 radical (unpaired) electrons. The Balaban J connectivity index is 1.95. The Morgan fingerprint density at radius 1 is 1.26 bits per heavy atom. The summed E-state index contributed by atoms with van der Waals surface area (Å²) in [6.07, 6.45) is 3.02. The van der Waals surface area contributed by atoms with Crippen molar-refractivity contribution in [2.24, 2.45) is 0 Å². The van der Waals surface area contributed by atoms with Gasteiger partial charge in [-0.2, -0.15) is 0 Å². The van der Waals surface area contributed by atoms with Crippen molar-refractivity contribution < 1.29 is 18.3 Å². The van der Waals surface area contributed by atoms with Crippen LogP contribution in [0.25, 0.3) is 21.8 Å². The summed E-state index contributed by atoms with van der Waals surface area (Å²) in [6, 6.07) is 6.96. The van der Waals surface area contributed by atoms with Gasteiger partial charge in [0.15, 0.2) is 0 Å². The number of nitrogens with one attached hydrogen (secondary N) is 1. The summed E-state index contributed by atoms with van der Waals surface area (Å²) >= 11 is 4.24. The van der Waals surface area contributed by atoms with Gasteiger partial charge < -0.3 is 5.11 Å². The summed E-state index contributed by atoms with van der Waals surface area (Å²) in [5.74, 6) is -0.926. The molecule has 0 saturated heterocycles. The Hall–Kier alpha value is -1.88. The number of aromatic carboxylic acids is 1. The fourth-order valence-corrected chi connectivity index (χ4v) is 6.07. The van der Waals surface area contributed by atoms with Crippen LogP contribution >= 0.6 is 34.4 Å². The van der Waals surface area contributed by atoms with Crippen LogP contribution in [0.15, 0.2) is 33.9 Å². The van der Waals surface area contributed by atoms with Crippen molar-refractivity contribution in [1.82, 2.24) is 4.98 Å². The second-order valence-electron chi connectivity index (χ2n) is 5.72. The second kappa shape index (κ2) is 7.63. The van der Waals surface area contributed by atoms with Crippen LogP contribution in [0.1, 0.15) is 15.2 Å². The van der Waals surface area contributed by atoms with E-state index in [9.17, 15) is 18.3 Å². The van der Waals surface area contributed by atoms with Gasteiger partial charge in [-0.25, -0.2) is 18.2 Å². The SMILES string of the molecule is CSc1sc(C(=O)O)c(C)c1-c1nc(-c2ccc(NS(C)(=O)=O)cc2)cs1. The number of thioether (sulfide) groups is 1. The summed E-state index contributed by atoms with van der Waals surface area (Å²) < 4.78 is 25.9. The summed E-state index contributed by atoms with van der Waals surface area (Å²) in [7, 11) is -3.32. The molecule has 0 aliphatic heterocycles. The molecule has 0 amide bonds. The molecular weight excluding hydrogens is 424 g/mol. The maximum atomic E-state index is 11.4. The van der Waals surface area contributed by atoms with Crippen molar-refractivity contribution in [3.05, 3.63) is 40.1 Å². The highest BCUT2D eigenvalue weighted by atomic mass is 32.2. The zero-order chi connectivity index (χ0) is 19.8. The first-order chi connectivity index (χ1) is 12.7. The van der Waals surface area contributed by atoms with E-state index in [1.165, 1.54) is 34.4 Å². The van der Waals surface area contributed by atoms with Gasteiger partial charge in [-0.15, -0.1) is 34.4 Å². The van der Waals surface area contributed by atoms with Gasteiger partial charge in [-0.3, -0.25) is 4.72 Å². The number of carboxylic acid groups (broad SMARTS) is 1. The van der Waals surface area contributed by atoms with Gasteiger partial charge >= 0.3 is 5.97 Å². The molecule has 0 aliphatic rings. The predicted octanol–water partition coefficient (Wildman–Crippen LogP) is 4.64. The van der Waals surface area contributed by atoms with Crippen LogP contribution in [0, 0.1) is 6.92 Å². The van der Waals surface area contributed by atoms with Crippen LogP contribution in [0.5, 0.6) is 0 Å². The van der Waals surface area contributed by atoms with Crippen molar-refractivity contribution >= 4 is 56.1 Å². The van der Waals surface area contributed by atoms with Crippen molar-refractivity contribution in [3.63, 3.8) is 0 Å². The maximum absolute atomic E-state index is 11.4. The smallest absolute Gasteiger partial charge is 0.346 e. The lowest BCUT2D eigenvalue weighted by molar-refractivity contribution is 0.0701. The number of anilines is 1. The summed E-state index contributed by atoms with van der Waals surface area (Å²) in [5, 5.41) is 12.1. The number of benzene rings is 1. The molecule has 2 N–H and O–H groups in total. The van der Waals surface area contributed by atoms with E-state index >= 15 is 0 Å². The molecule has 0 saturated carbocycles. The topological polar surface area (TPSA) is 96.4 Å². The van der Waals surface area contributed by atoms with Gasteiger partial charge in [0.25, 0.3) is 0 Å². The zero-order valence-corrected chi connectivity index (χ0v) is 17.9. The molecule has 10 heteroatoms. The Morgan fingerprint density at radius 3 is 2.48 bits per heavy atom. The molecule has 27 heavy (non-hydrogen) atoms. The lowest BCUT2D eigenvalue weighted by atomic mass is 10.1. The molecule has 0 fully saturated rings. The molecule has 0 bridgehead atoms. The number of rotatable bonds is 6. The molecule has 2 heterocycles. The highest BCUT2D eigenvalue weighted by molar-refractivity contribution is 8.00. The number of aromatic nitrogens is 1. The minimum atomic E-state index is -3.32. The van der Waals surface area contributed by atoms with Crippen molar-refractivity contribution in [2.75, 3.05) is 17.2 Å². The van der Waals surface area contributed by atoms with Gasteiger partial charge in [-0.1, -0.05) is 12.1 Å². The molecule has 6 nitrogen and oxygen atoms in total. The molecule has 0 spiro atoms. The number of hydrogen-bond acceptors (Lipinski definition) is 7. The summed E-state index contributed by atoms with van der Waals surface area (Å²) in [5.41, 5.74) is 3.70. The fourth-order valence-electron chi connectivity index (χ4n) is 2.53. The number of sulfonamides is 1. The molecule has 1 aromatic carbocycles. The van der Waals surface area contributed by atoms with Crippen LogP contribution in [0.2, 0.25) is 0 Å². The summed E-state index contributed by atoms with van der Waals surface area (Å²) in [6.45, 7) is 1.81. The number of carbonyl (C=O) groups is 1. The van der Waals surface area contributed by atoms with Crippen molar-refractivity contribution in [1.29, 1.82) is 0 Å². The van der Waals surface area contributed by atoms with E-state index in [2.05, 4.69) is 9.71 Å². The molecule has 142 valence electrons. The quantitative estimate of drug-likeness (QED) is 0.542. The first kappa shape index (κ1) is 19.9. The summed E-state index contributed by atoms with van der Waals surface area (Å²) in [4.78, 5) is 16.4. The predicted molar refractivity (Wildman–Crippen MR) is 113 cm³/mol. The van der Waals surface area contributed by atoms with Gasteiger partial charge in [0.05, 0.1) is 16.2 Å². The number of carboxylic acids is 1. The Morgan fingerprint density at radius 2 is 1.93 bits per heavy atom. The molecular formula is C17H16N2O4S4. The van der Waals surface area contributed by atoms with E-state index in [1.54, 1.807) is 24.3 Å². The molecule has 3 rings (SSSR count). The molecule has 0 aliphatic carbocycles. The third-order valence-corrected chi connectivity index (χ3v) is 7.56. The largest absolute Gasteiger partial charge is 0.477 e. The molecule has 2 aromatic heterocycles. The number of thiophene rings is 1. The Bertz CT molecular complexity index is 1100. The van der Waals surface area contributed by atoms with Crippen LogP contribution in [0.3, 0.4) is 0 Å². The highest BCUT2D eigenvalue weighted by Crippen LogP contribution is 2.43. The van der Waals surface area contributed by atoms with Gasteiger partial charge in [0, 0.05) is 22.2 Å². The lowest BCUT2D eigenvalue weighted by Gasteiger charge is -2.04. The van der Waals surface area contributed by atoms with E-state index in [0.717, 1.165) is 37.9 Å². The van der Waals surface area contributed by atoms with Crippen LogP contribution < -0.4 is 4.72 Å². The van der Waals surface area contributed by atoms with Gasteiger partial charge in [0.1, 0.15) is 9.88 Å². The van der Waals surface area contributed by atoms with E-state index < -0.39 is 16.0 Å². The van der Waals surface area contributed by atoms with E-state index in [4.69, 9.17) is 0 Å². The third-order valence-electron chi connectivity index (χ3n) is 3.70. The van der Waals surface area contributed by atoms with Crippen molar-refractivity contribution in [3.8, 4) is 21.8 Å². The first-order valence-electron chi connectivity index (χ1n) is 7.64. The van der Waals surface area contributed by atoms with Crippen LogP contribution in [0.4, 0.5) is 5.69 Å². The van der Waals surface area contributed by atoms with E-state index in [1.807, 2.05) is 18.6 Å². The highest BCUT2D eigenvalue weighted by Gasteiger charge is 2.22. The first-order valence-corrected chi connectivity index (χ1v) is 12.5. The number of nitrogens with zero attached hydrogens (tertiary/aromatic N) is 1. The molecule has 0 atom stereocenters. The zero-order valence-electron chi connectivity index (χ0n) is 14.6. The second-order valence-corrected chi connectivity index (χ2v) is 10.4. The normalized spacial score (nSPS) is 11.5. The third kappa shape index (κ3) is 4.34. The molecule has 3 aromatic rings. The average molecular weight is 441 g/mol. The van der Waals surface area contributed by atoms with Crippen LogP contribution in [-0.2, 0) is 10.0 Å². The average Bonchev–Trinajstić information content (AvgIpc) is 3.18. The Labute approximate surface area is 169 Å². The van der Waals surface area contributed by atoms with Crippen LogP contribution in [-0.4, -0.2) is 37.0 Å². The Kier molecular flexibility index (Phi) is 5.61. The van der Waals surface area contributed by atoms with E-state index in [-0.39, 0.29) is 0 Å². The lowest BCUT2D eigenvalue weighted by Crippen LogP contribution is -2.09. The maximum Gasteiger partial charge on any atom is 0.346 e. The molecule has 0 unspecified atom stereocenters.